The topological polar surface area (TPSA) is 52.9 Å². The highest BCUT2D eigenvalue weighted by Gasteiger charge is 2.12. The molecule has 0 aliphatic heterocycles. The molecule has 1 N–H and O–H groups in total. The van der Waals surface area contributed by atoms with Crippen LogP contribution in [0.5, 0.6) is 0 Å². The summed E-state index contributed by atoms with van der Waals surface area (Å²) in [6.07, 6.45) is 1.47. The molecular weight excluding hydrogens is 351 g/mol. The van der Waals surface area contributed by atoms with Crippen LogP contribution in [0.3, 0.4) is 0 Å². The van der Waals surface area contributed by atoms with Crippen molar-refractivity contribution in [3.63, 3.8) is 0 Å². The first kappa shape index (κ1) is 15.9. The van der Waals surface area contributed by atoms with Gasteiger partial charge in [0, 0.05) is 9.90 Å². The summed E-state index contributed by atoms with van der Waals surface area (Å²) in [5, 5.41) is 12.4. The Balaban J connectivity index is 2.21. The third kappa shape index (κ3) is 4.23. The minimum Gasteiger partial charge on any atom is -0.320 e. The van der Waals surface area contributed by atoms with Crippen molar-refractivity contribution in [1.82, 2.24) is 0 Å². The molecule has 0 spiro atoms. The van der Waals surface area contributed by atoms with Gasteiger partial charge in [-0.25, -0.2) is 0 Å². The van der Waals surface area contributed by atoms with Crippen LogP contribution in [-0.2, 0) is 4.79 Å². The molecule has 3 nitrogen and oxygen atoms in total. The van der Waals surface area contributed by atoms with Crippen molar-refractivity contribution in [2.24, 2.45) is 0 Å². The molecule has 0 saturated carbocycles. The summed E-state index contributed by atoms with van der Waals surface area (Å²) >= 11 is 18.8. The van der Waals surface area contributed by atoms with Crippen molar-refractivity contribution in [1.29, 1.82) is 5.26 Å². The van der Waals surface area contributed by atoms with Crippen molar-refractivity contribution in [2.75, 3.05) is 5.32 Å². The third-order valence-corrected chi connectivity index (χ3v) is 4.15. The van der Waals surface area contributed by atoms with E-state index in [4.69, 9.17) is 40.1 Å². The number of thiophene rings is 1. The number of nitriles is 1. The third-order valence-electron chi connectivity index (χ3n) is 2.42. The van der Waals surface area contributed by atoms with Crippen LogP contribution in [0.2, 0.25) is 14.4 Å². The molecule has 2 aromatic rings. The molecule has 1 heterocycles. The smallest absolute Gasteiger partial charge is 0.266 e. The first-order valence-electron chi connectivity index (χ1n) is 5.63. The van der Waals surface area contributed by atoms with E-state index in [0.29, 0.717) is 24.9 Å². The Labute approximate surface area is 140 Å². The van der Waals surface area contributed by atoms with Gasteiger partial charge in [-0.15, -0.1) is 11.3 Å². The molecule has 106 valence electrons. The van der Waals surface area contributed by atoms with Gasteiger partial charge >= 0.3 is 0 Å². The van der Waals surface area contributed by atoms with Crippen molar-refractivity contribution >= 4 is 63.8 Å². The van der Waals surface area contributed by atoms with E-state index in [1.54, 1.807) is 24.3 Å². The summed E-state index contributed by atoms with van der Waals surface area (Å²) in [6.45, 7) is 0. The summed E-state index contributed by atoms with van der Waals surface area (Å²) in [6, 6.07) is 9.95. The Kier molecular flexibility index (Phi) is 5.27. The Hall–Kier alpha value is -1.51. The van der Waals surface area contributed by atoms with E-state index >= 15 is 0 Å². The lowest BCUT2D eigenvalue weighted by atomic mass is 10.2. The molecule has 0 radical (unpaired) electrons. The van der Waals surface area contributed by atoms with Crippen molar-refractivity contribution in [3.8, 4) is 6.07 Å². The normalized spacial score (nSPS) is 11.0. The van der Waals surface area contributed by atoms with Gasteiger partial charge < -0.3 is 5.32 Å². The van der Waals surface area contributed by atoms with E-state index in [-0.39, 0.29) is 5.57 Å². The van der Waals surface area contributed by atoms with E-state index in [0.717, 1.165) is 0 Å². The molecule has 0 bridgehead atoms. The maximum absolute atomic E-state index is 12.1. The zero-order valence-corrected chi connectivity index (χ0v) is 13.4. The molecule has 21 heavy (non-hydrogen) atoms. The molecular formula is C14H7Cl3N2OS. The molecule has 7 heteroatoms. The van der Waals surface area contributed by atoms with E-state index < -0.39 is 5.91 Å². The number of amides is 1. The highest BCUT2D eigenvalue weighted by atomic mass is 35.5. The number of rotatable bonds is 3. The zero-order chi connectivity index (χ0) is 15.4. The summed E-state index contributed by atoms with van der Waals surface area (Å²) in [4.78, 5) is 12.8. The maximum atomic E-state index is 12.1. The Morgan fingerprint density at radius 3 is 2.57 bits per heavy atom. The average Bonchev–Trinajstić information content (AvgIpc) is 2.84. The minimum absolute atomic E-state index is 0.0421. The predicted molar refractivity (Wildman–Crippen MR) is 88.0 cm³/mol. The zero-order valence-electron chi connectivity index (χ0n) is 10.4. The number of halogens is 3. The van der Waals surface area contributed by atoms with Gasteiger partial charge in [-0.3, -0.25) is 4.79 Å². The summed E-state index contributed by atoms with van der Waals surface area (Å²) < 4.78 is 0.583. The van der Waals surface area contributed by atoms with E-state index in [9.17, 15) is 4.79 Å². The molecule has 0 saturated heterocycles. The van der Waals surface area contributed by atoms with Gasteiger partial charge in [0.05, 0.1) is 15.0 Å². The van der Waals surface area contributed by atoms with Crippen molar-refractivity contribution < 1.29 is 4.79 Å². The average molecular weight is 358 g/mol. The van der Waals surface area contributed by atoms with Gasteiger partial charge in [0.25, 0.3) is 5.91 Å². The lowest BCUT2D eigenvalue weighted by Crippen LogP contribution is -2.13. The summed E-state index contributed by atoms with van der Waals surface area (Å²) in [5.74, 6) is -0.550. The number of carbonyl (C=O) groups is 1. The molecule has 2 rings (SSSR count). The SMILES string of the molecule is N#C/C(=C/c1ccc(Cl)s1)C(=O)Nc1ccc(Cl)cc1Cl. The fourth-order valence-corrected chi connectivity index (χ4v) is 2.94. The number of hydrogen-bond acceptors (Lipinski definition) is 3. The van der Waals surface area contributed by atoms with Crippen molar-refractivity contribution in [2.45, 2.75) is 0 Å². The molecule has 0 fully saturated rings. The van der Waals surface area contributed by atoms with Crippen molar-refractivity contribution in [3.05, 3.63) is 55.2 Å². The van der Waals surface area contributed by atoms with Gasteiger partial charge in [0.2, 0.25) is 0 Å². The maximum Gasteiger partial charge on any atom is 0.266 e. The number of nitrogens with zero attached hydrogens (tertiary/aromatic N) is 1. The number of benzene rings is 1. The van der Waals surface area contributed by atoms with E-state index in [2.05, 4.69) is 5.32 Å². The quantitative estimate of drug-likeness (QED) is 0.602. The number of anilines is 1. The van der Waals surface area contributed by atoms with Gasteiger partial charge in [-0.2, -0.15) is 5.26 Å². The van der Waals surface area contributed by atoms with Gasteiger partial charge in [0.15, 0.2) is 0 Å². The number of nitrogens with one attached hydrogen (secondary N) is 1. The second kappa shape index (κ2) is 6.97. The van der Waals surface area contributed by atoms with Crippen LogP contribution >= 0.6 is 46.1 Å². The predicted octanol–water partition coefficient (Wildman–Crippen LogP) is 5.25. The van der Waals surface area contributed by atoms with Crippen LogP contribution in [-0.4, -0.2) is 5.91 Å². The number of carbonyl (C=O) groups excluding carboxylic acids is 1. The number of hydrogen-bond donors (Lipinski definition) is 1. The second-order valence-corrected chi connectivity index (χ2v) is 6.48. The lowest BCUT2D eigenvalue weighted by molar-refractivity contribution is -0.112. The van der Waals surface area contributed by atoms with E-state index in [1.807, 2.05) is 6.07 Å². The van der Waals surface area contributed by atoms with Crippen LogP contribution in [0, 0.1) is 11.3 Å². The van der Waals surface area contributed by atoms with Crippen LogP contribution < -0.4 is 5.32 Å². The van der Waals surface area contributed by atoms with Crippen LogP contribution in [0.4, 0.5) is 5.69 Å². The lowest BCUT2D eigenvalue weighted by Gasteiger charge is -2.06. The molecule has 1 amide bonds. The summed E-state index contributed by atoms with van der Waals surface area (Å²) in [7, 11) is 0. The molecule has 1 aromatic heterocycles. The first-order valence-corrected chi connectivity index (χ1v) is 7.58. The largest absolute Gasteiger partial charge is 0.320 e. The highest BCUT2D eigenvalue weighted by molar-refractivity contribution is 7.17. The minimum atomic E-state index is -0.550. The Morgan fingerprint density at radius 2 is 2.00 bits per heavy atom. The van der Waals surface area contributed by atoms with Crippen LogP contribution in [0.1, 0.15) is 4.88 Å². The monoisotopic (exact) mass is 356 g/mol. The van der Waals surface area contributed by atoms with Gasteiger partial charge in [-0.1, -0.05) is 34.8 Å². The molecule has 0 aliphatic rings. The second-order valence-electron chi connectivity index (χ2n) is 3.89. The molecule has 0 atom stereocenters. The van der Waals surface area contributed by atoms with E-state index in [1.165, 1.54) is 23.5 Å². The fraction of sp³-hybridized carbons (Fsp3) is 0. The van der Waals surface area contributed by atoms with Gasteiger partial charge in [-0.05, 0) is 36.4 Å². The first-order chi connectivity index (χ1) is 9.99. The van der Waals surface area contributed by atoms with Crippen LogP contribution in [0.25, 0.3) is 6.08 Å². The molecule has 0 aliphatic carbocycles. The fourth-order valence-electron chi connectivity index (χ4n) is 1.48. The molecule has 1 aromatic carbocycles. The molecule has 0 unspecified atom stereocenters. The summed E-state index contributed by atoms with van der Waals surface area (Å²) in [5.41, 5.74) is 0.343. The Bertz CT molecular complexity index is 762. The van der Waals surface area contributed by atoms with Crippen LogP contribution in [0.15, 0.2) is 35.9 Å². The standard InChI is InChI=1S/C14H7Cl3N2OS/c15-9-1-3-12(11(16)6-9)19-14(20)8(7-18)5-10-2-4-13(17)21-10/h1-6H,(H,19,20)/b8-5-. The van der Waals surface area contributed by atoms with Gasteiger partial charge in [0.1, 0.15) is 11.6 Å². The Morgan fingerprint density at radius 1 is 1.24 bits per heavy atom. The highest BCUT2D eigenvalue weighted by Crippen LogP contribution is 2.27.